The standard InChI is InChI=1S/C45H56N10O6/c1-3-18-54-19-10-9-17-38(42(47)58)51-44(60)32(23-31-13-5-4-6-14-31)25-41(57)55(21-12-11-20-54)53-43(59)30(2)22-40(56)39(24-33-27-49-37-16-8-7-15-35(33)37)52-45(61)36(46)26-34-28-48-29-50-34/h3-8,13-16,27-30,32,36,38-39,49H,1,9-10,17-26,46H2,2H3,(H2,47,58)(H,48,50)(H,51,60)(H,52,61)(H,53,59)/t30-,32+,36+,38+,39-/m1/s1. The Morgan fingerprint density at radius 3 is 2.49 bits per heavy atom. The maximum Gasteiger partial charge on any atom is 0.242 e. The second kappa shape index (κ2) is 22.7. The van der Waals surface area contributed by atoms with Crippen LogP contribution in [-0.4, -0.2) is 104 Å². The summed E-state index contributed by atoms with van der Waals surface area (Å²) in [6.07, 6.45) is 8.09. The molecule has 4 aromatic rings. The second-order valence-electron chi connectivity index (χ2n) is 15.5. The lowest BCUT2D eigenvalue weighted by Gasteiger charge is -2.27. The van der Waals surface area contributed by atoms with Crippen LogP contribution in [0.4, 0.5) is 0 Å². The van der Waals surface area contributed by atoms with Crippen molar-refractivity contribution in [1.29, 1.82) is 0 Å². The van der Waals surface area contributed by atoms with Crippen LogP contribution < -0.4 is 27.5 Å². The highest BCUT2D eigenvalue weighted by molar-refractivity contribution is 5.95. The molecule has 0 unspecified atom stereocenters. The van der Waals surface area contributed by atoms with E-state index in [-0.39, 0.29) is 38.6 Å². The van der Waals surface area contributed by atoms with Crippen LogP contribution in [0.3, 0.4) is 0 Å². The highest BCUT2D eigenvalue weighted by Crippen LogP contribution is 2.21. The Bertz CT molecular complexity index is 2190. The number of primary amides is 1. The maximum absolute atomic E-state index is 14.1. The topological polar surface area (TPSA) is 241 Å². The fourth-order valence-corrected chi connectivity index (χ4v) is 7.20. The molecule has 61 heavy (non-hydrogen) atoms. The molecule has 0 aliphatic carbocycles. The molecule has 5 amide bonds. The summed E-state index contributed by atoms with van der Waals surface area (Å²) >= 11 is 0. The van der Waals surface area contributed by atoms with E-state index < -0.39 is 65.3 Å². The molecular weight excluding hydrogens is 777 g/mol. The highest BCUT2D eigenvalue weighted by atomic mass is 16.2. The number of Topliss-reactive ketones (excluding diaryl/α,β-unsaturated/α-hetero) is 1. The van der Waals surface area contributed by atoms with Crippen LogP contribution in [-0.2, 0) is 48.0 Å². The van der Waals surface area contributed by atoms with E-state index in [9.17, 15) is 28.8 Å². The third-order valence-electron chi connectivity index (χ3n) is 10.7. The fraction of sp³-hybridized carbons (Fsp3) is 0.400. The van der Waals surface area contributed by atoms with Crippen molar-refractivity contribution < 1.29 is 28.8 Å². The molecule has 1 aliphatic heterocycles. The summed E-state index contributed by atoms with van der Waals surface area (Å²) in [4.78, 5) is 93.9. The summed E-state index contributed by atoms with van der Waals surface area (Å²) in [6, 6.07) is 13.8. The molecule has 16 heteroatoms. The van der Waals surface area contributed by atoms with Crippen LogP contribution in [0, 0.1) is 23.7 Å². The highest BCUT2D eigenvalue weighted by Gasteiger charge is 2.32. The average Bonchev–Trinajstić information content (AvgIpc) is 3.92. The van der Waals surface area contributed by atoms with Crippen LogP contribution in [0.25, 0.3) is 10.9 Å². The van der Waals surface area contributed by atoms with Crippen molar-refractivity contribution in [2.75, 3.05) is 26.2 Å². The van der Waals surface area contributed by atoms with Crippen molar-refractivity contribution in [2.24, 2.45) is 23.3 Å². The van der Waals surface area contributed by atoms with Crippen LogP contribution in [0.15, 0.2) is 86.0 Å². The summed E-state index contributed by atoms with van der Waals surface area (Å²) in [6.45, 7) is 6.72. The number of hydrogen-bond acceptors (Lipinski definition) is 9. The lowest BCUT2D eigenvalue weighted by atomic mass is 9.94. The summed E-state index contributed by atoms with van der Waals surface area (Å²) < 4.78 is 0. The number of benzene rings is 2. The van der Waals surface area contributed by atoms with Crippen molar-refractivity contribution >= 4 is 46.2 Å². The van der Waals surface area contributed by atoms with Gasteiger partial charge in [-0.2, -0.15) is 0 Å². The number of imidazole rings is 1. The first-order valence-corrected chi connectivity index (χ1v) is 20.6. The molecule has 9 N–H and O–H groups in total. The van der Waals surface area contributed by atoms with E-state index in [2.05, 4.69) is 49.4 Å². The second-order valence-corrected chi connectivity index (χ2v) is 15.5. The molecule has 0 saturated heterocycles. The van der Waals surface area contributed by atoms with Crippen molar-refractivity contribution in [1.82, 2.24) is 40.9 Å². The van der Waals surface area contributed by atoms with Gasteiger partial charge in [0.1, 0.15) is 12.6 Å². The zero-order chi connectivity index (χ0) is 43.7. The Morgan fingerprint density at radius 1 is 1.00 bits per heavy atom. The van der Waals surface area contributed by atoms with Gasteiger partial charge in [-0.15, -0.1) is 6.58 Å². The molecule has 1 aliphatic rings. The number of H-pyrrole nitrogens is 2. The van der Waals surface area contributed by atoms with Crippen LogP contribution in [0.5, 0.6) is 0 Å². The molecule has 0 fully saturated rings. The van der Waals surface area contributed by atoms with Gasteiger partial charge in [-0.3, -0.25) is 39.1 Å². The normalized spacial score (nSPS) is 18.5. The minimum atomic E-state index is -1.04. The number of hydrogen-bond donors (Lipinski definition) is 7. The quantitative estimate of drug-likeness (QED) is 0.0643. The van der Waals surface area contributed by atoms with E-state index >= 15 is 0 Å². The molecule has 0 spiro atoms. The Hall–Kier alpha value is -6.57. The first-order valence-electron chi connectivity index (χ1n) is 20.6. The molecular formula is C45H56N10O6. The first-order chi connectivity index (χ1) is 29.4. The maximum atomic E-state index is 14.1. The van der Waals surface area contributed by atoms with Gasteiger partial charge in [-0.1, -0.05) is 73.4 Å². The van der Waals surface area contributed by atoms with Gasteiger partial charge < -0.3 is 32.1 Å². The van der Waals surface area contributed by atoms with E-state index in [1.165, 1.54) is 6.33 Å². The third kappa shape index (κ3) is 13.7. The minimum absolute atomic E-state index is 0.129. The summed E-state index contributed by atoms with van der Waals surface area (Å²) in [5.41, 5.74) is 17.7. The van der Waals surface area contributed by atoms with Crippen LogP contribution in [0.2, 0.25) is 0 Å². The summed E-state index contributed by atoms with van der Waals surface area (Å²) in [5.74, 6) is 0.786. The largest absolute Gasteiger partial charge is 0.368 e. The predicted molar refractivity (Wildman–Crippen MR) is 230 cm³/mol. The number of carbonyl (C=O) groups is 6. The van der Waals surface area contributed by atoms with Gasteiger partial charge in [-0.25, -0.2) is 9.99 Å². The molecule has 3 heterocycles. The molecule has 0 radical (unpaired) electrons. The van der Waals surface area contributed by atoms with Crippen LogP contribution in [0.1, 0.15) is 55.8 Å². The van der Waals surface area contributed by atoms with E-state index in [4.69, 9.17) is 11.5 Å². The van der Waals surface area contributed by atoms with Gasteiger partial charge in [0.25, 0.3) is 0 Å². The van der Waals surface area contributed by atoms with Gasteiger partial charge in [-0.05, 0) is 49.4 Å². The zero-order valence-corrected chi connectivity index (χ0v) is 34.5. The zero-order valence-electron chi connectivity index (χ0n) is 34.5. The van der Waals surface area contributed by atoms with Crippen molar-refractivity contribution in [3.05, 3.63) is 103 Å². The molecule has 16 nitrogen and oxygen atoms in total. The summed E-state index contributed by atoms with van der Waals surface area (Å²) in [5, 5.41) is 7.54. The number of nitrogens with one attached hydrogen (secondary N) is 5. The Morgan fingerprint density at radius 2 is 1.75 bits per heavy atom. The number of para-hydroxylation sites is 1. The number of fused-ring (bicyclic) bond motifs is 1. The number of ketones is 1. The van der Waals surface area contributed by atoms with E-state index in [1.807, 2.05) is 59.5 Å². The average molecular weight is 833 g/mol. The molecule has 322 valence electrons. The number of nitrogens with zero attached hydrogens (tertiary/aromatic N) is 3. The van der Waals surface area contributed by atoms with Gasteiger partial charge >= 0.3 is 0 Å². The Labute approximate surface area is 355 Å². The lowest BCUT2D eigenvalue weighted by Crippen LogP contribution is -2.52. The molecule has 0 saturated carbocycles. The summed E-state index contributed by atoms with van der Waals surface area (Å²) in [7, 11) is 0. The molecule has 2 aromatic carbocycles. The molecule has 5 atom stereocenters. The van der Waals surface area contributed by atoms with E-state index in [0.29, 0.717) is 44.6 Å². The molecule has 0 bridgehead atoms. The smallest absolute Gasteiger partial charge is 0.242 e. The van der Waals surface area contributed by atoms with E-state index in [1.54, 1.807) is 25.4 Å². The molecule has 2 aromatic heterocycles. The fourth-order valence-electron chi connectivity index (χ4n) is 7.20. The Kier molecular flexibility index (Phi) is 16.9. The monoisotopic (exact) mass is 832 g/mol. The number of aromatic amines is 2. The number of hydrazine groups is 1. The number of aromatic nitrogens is 3. The first kappa shape index (κ1) is 45.5. The number of rotatable bonds is 16. The van der Waals surface area contributed by atoms with Crippen LogP contribution >= 0.6 is 0 Å². The number of nitrogens with two attached hydrogens (primary N) is 2. The van der Waals surface area contributed by atoms with Gasteiger partial charge in [0.15, 0.2) is 5.78 Å². The van der Waals surface area contributed by atoms with Gasteiger partial charge in [0.2, 0.25) is 29.5 Å². The SMILES string of the molecule is C=CCN1CC#CCN(NC(=O)[C@H](C)CC(=O)[C@@H](Cc2c[nH]c3ccccc23)NC(=O)[C@@H](N)Cc2cnc[nH]2)C(=O)C[C@H](Cc2ccccc2)C(=O)N[C@H](C(N)=O)CCCC1. The Balaban J connectivity index is 1.35. The number of amides is 5. The third-order valence-corrected chi connectivity index (χ3v) is 10.7. The van der Waals surface area contributed by atoms with Crippen molar-refractivity contribution in [3.63, 3.8) is 0 Å². The number of carbonyl (C=O) groups excluding carboxylic acids is 6. The van der Waals surface area contributed by atoms with Crippen molar-refractivity contribution in [3.8, 4) is 11.8 Å². The minimum Gasteiger partial charge on any atom is -0.368 e. The molecule has 5 rings (SSSR count). The van der Waals surface area contributed by atoms with E-state index in [0.717, 1.165) is 27.0 Å². The predicted octanol–water partition coefficient (Wildman–Crippen LogP) is 1.84. The lowest BCUT2D eigenvalue weighted by molar-refractivity contribution is -0.145. The van der Waals surface area contributed by atoms with Crippen molar-refractivity contribution in [2.45, 2.75) is 76.4 Å². The van der Waals surface area contributed by atoms with Gasteiger partial charge in [0, 0.05) is 67.1 Å². The van der Waals surface area contributed by atoms with Gasteiger partial charge in [0.05, 0.1) is 30.9 Å².